The van der Waals surface area contributed by atoms with Crippen LogP contribution in [0.15, 0.2) is 88.1 Å². The third-order valence-corrected chi connectivity index (χ3v) is 9.44. The second-order valence-electron chi connectivity index (χ2n) is 13.5. The van der Waals surface area contributed by atoms with Crippen molar-refractivity contribution in [3.8, 4) is 51.6 Å². The fraction of sp³-hybridized carbons (Fsp3) is 0.326. The molecule has 6 N–H and O–H groups in total. The molecule has 0 aliphatic carbocycles. The Morgan fingerprint density at radius 2 is 1.31 bits per heavy atom. The Morgan fingerprint density at radius 3 is 1.86 bits per heavy atom. The zero-order valence-corrected chi connectivity index (χ0v) is 32.1. The lowest BCUT2D eigenvalue weighted by molar-refractivity contribution is -0.286. The fourth-order valence-corrected chi connectivity index (χ4v) is 6.49. The van der Waals surface area contributed by atoms with Gasteiger partial charge in [-0.15, -0.1) is 0 Å². The average Bonchev–Trinajstić information content (AvgIpc) is 3.21. The number of esters is 2. The average molecular weight is 817 g/mol. The molecule has 0 amide bonds. The van der Waals surface area contributed by atoms with Crippen molar-refractivity contribution in [3.63, 3.8) is 0 Å². The van der Waals surface area contributed by atoms with E-state index in [4.69, 9.17) is 32.8 Å². The number of phenols is 3. The monoisotopic (exact) mass is 816 g/mol. The quantitative estimate of drug-likeness (QED) is 0.0744. The van der Waals surface area contributed by atoms with Gasteiger partial charge in [0.2, 0.25) is 23.6 Å². The first kappa shape index (κ1) is 42.1. The highest BCUT2D eigenvalue weighted by Crippen LogP contribution is 2.40. The lowest BCUT2D eigenvalue weighted by Gasteiger charge is -2.42. The Bertz CT molecular complexity index is 2300. The first-order valence-electron chi connectivity index (χ1n) is 18.9. The van der Waals surface area contributed by atoms with Gasteiger partial charge in [-0.25, -0.2) is 0 Å². The molecule has 312 valence electrons. The van der Waals surface area contributed by atoms with Crippen LogP contribution in [0.2, 0.25) is 0 Å². The van der Waals surface area contributed by atoms with Gasteiger partial charge in [0.15, 0.2) is 23.4 Å². The summed E-state index contributed by atoms with van der Waals surface area (Å²) in [5.74, 6) is -3.54. The maximum Gasteiger partial charge on any atom is 0.306 e. The molecule has 1 saturated heterocycles. The Hall–Kier alpha value is -6.49. The van der Waals surface area contributed by atoms with Gasteiger partial charge in [0.05, 0.1) is 19.8 Å². The van der Waals surface area contributed by atoms with Gasteiger partial charge in [0.1, 0.15) is 46.2 Å². The van der Waals surface area contributed by atoms with Gasteiger partial charge in [0.25, 0.3) is 0 Å². The summed E-state index contributed by atoms with van der Waals surface area (Å²) in [6, 6.07) is 19.7. The lowest BCUT2D eigenvalue weighted by Crippen LogP contribution is -2.62. The van der Waals surface area contributed by atoms with E-state index in [0.717, 1.165) is 35.4 Å². The number of hydrogen-bond donors (Lipinski definition) is 6. The van der Waals surface area contributed by atoms with Crippen molar-refractivity contribution in [1.82, 2.24) is 0 Å². The first-order chi connectivity index (χ1) is 28.4. The minimum Gasteiger partial charge on any atom is -0.508 e. The molecule has 6 rings (SSSR count). The fourth-order valence-electron chi connectivity index (χ4n) is 6.49. The molecule has 0 saturated carbocycles. The normalized spacial score (nSPS) is 18.9. The molecule has 59 heavy (non-hydrogen) atoms. The molecule has 1 aliphatic heterocycles. The van der Waals surface area contributed by atoms with Gasteiger partial charge in [0, 0.05) is 30.5 Å². The van der Waals surface area contributed by atoms with Gasteiger partial charge in [-0.05, 0) is 80.3 Å². The number of phenolic OH excluding ortho intramolecular Hbond substituents is 3. The summed E-state index contributed by atoms with van der Waals surface area (Å²) in [6.07, 6.45) is -8.02. The molecule has 1 aromatic heterocycles. The maximum atomic E-state index is 13.5. The lowest BCUT2D eigenvalue weighted by atomic mass is 9.98. The molecule has 5 aromatic rings. The van der Waals surface area contributed by atoms with E-state index in [1.807, 2.05) is 13.8 Å². The zero-order valence-electron chi connectivity index (χ0n) is 32.1. The summed E-state index contributed by atoms with van der Waals surface area (Å²) in [7, 11) is 0. The highest BCUT2D eigenvalue weighted by Gasteiger charge is 2.51. The highest BCUT2D eigenvalue weighted by atomic mass is 16.7. The molecule has 5 atom stereocenters. The summed E-state index contributed by atoms with van der Waals surface area (Å²) >= 11 is 0. The molecule has 0 radical (unpaired) electrons. The number of carbonyl (C=O) groups excluding carboxylic acids is 2. The minimum absolute atomic E-state index is 0.0344. The third kappa shape index (κ3) is 9.97. The van der Waals surface area contributed by atoms with Crippen LogP contribution >= 0.6 is 0 Å². The second kappa shape index (κ2) is 18.8. The molecule has 16 heteroatoms. The molecule has 0 spiro atoms. The van der Waals surface area contributed by atoms with E-state index >= 15 is 0 Å². The number of aliphatic hydroxyl groups is 2. The number of rotatable bonds is 16. The molecule has 1 aliphatic rings. The maximum absolute atomic E-state index is 13.5. The Morgan fingerprint density at radius 1 is 0.729 bits per heavy atom. The van der Waals surface area contributed by atoms with Crippen molar-refractivity contribution in [3.05, 3.63) is 100 Å². The SMILES string of the molecule is CCOc1ccc(CCC(=O)O[C@H]2[C@H](Oc3cc(-c4oc5cc(O)cc(O)c5c(=O)c4O)ccc3O)O[C@H](CO)[C@@H](O)[C@@H]2OC(=O)CCc2ccc(OCC)cc2)cc1. The van der Waals surface area contributed by atoms with Crippen LogP contribution in [0.5, 0.6) is 40.2 Å². The summed E-state index contributed by atoms with van der Waals surface area (Å²) in [5.41, 5.74) is 0.256. The minimum atomic E-state index is -1.74. The number of fused-ring (bicyclic) bond motifs is 1. The largest absolute Gasteiger partial charge is 0.508 e. The van der Waals surface area contributed by atoms with E-state index in [-0.39, 0.29) is 42.6 Å². The van der Waals surface area contributed by atoms with Gasteiger partial charge in [-0.2, -0.15) is 0 Å². The van der Waals surface area contributed by atoms with E-state index in [2.05, 4.69) is 0 Å². The number of aromatic hydroxyl groups is 4. The summed E-state index contributed by atoms with van der Waals surface area (Å²) in [5, 5.41) is 63.1. The third-order valence-electron chi connectivity index (χ3n) is 9.44. The Kier molecular flexibility index (Phi) is 13.5. The van der Waals surface area contributed by atoms with Crippen LogP contribution in [-0.4, -0.2) is 93.1 Å². The van der Waals surface area contributed by atoms with Gasteiger partial charge in [-0.1, -0.05) is 24.3 Å². The molecular weight excluding hydrogens is 772 g/mol. The van der Waals surface area contributed by atoms with Crippen molar-refractivity contribution < 1.29 is 73.1 Å². The van der Waals surface area contributed by atoms with Crippen LogP contribution in [0.4, 0.5) is 0 Å². The second-order valence-corrected chi connectivity index (χ2v) is 13.5. The number of benzene rings is 4. The van der Waals surface area contributed by atoms with Gasteiger partial charge >= 0.3 is 11.9 Å². The number of aliphatic hydroxyl groups excluding tert-OH is 2. The molecule has 0 bridgehead atoms. The van der Waals surface area contributed by atoms with Crippen LogP contribution in [0, 0.1) is 0 Å². The standard InChI is InChI=1S/C43H44O16/c1-3-53-27-12-5-23(6-13-27)9-17-34(48)58-41-37(50)33(22-44)57-43(42(41)59-35(49)18-10-24-7-14-28(15-8-24)54-4-2)56-31-19-25(11-16-29(31)46)40-39(52)38(51)36-30(47)20-26(45)21-32(36)55-40/h5-8,11-16,19-21,33,37,41-47,50,52H,3-4,9-10,17-18,22H2,1-2H3/t33-,37-,41+,42-,43-/m1/s1. The van der Waals surface area contributed by atoms with Crippen LogP contribution in [0.25, 0.3) is 22.3 Å². The van der Waals surface area contributed by atoms with Gasteiger partial charge in [-0.3, -0.25) is 14.4 Å². The van der Waals surface area contributed by atoms with Crippen LogP contribution in [-0.2, 0) is 36.6 Å². The number of aryl methyl sites for hydroxylation is 2. The summed E-state index contributed by atoms with van der Waals surface area (Å²) in [4.78, 5) is 39.8. The summed E-state index contributed by atoms with van der Waals surface area (Å²) in [6.45, 7) is 3.89. The number of hydrogen-bond acceptors (Lipinski definition) is 16. The van der Waals surface area contributed by atoms with Crippen LogP contribution in [0.3, 0.4) is 0 Å². The van der Waals surface area contributed by atoms with E-state index in [9.17, 15) is 45.0 Å². The van der Waals surface area contributed by atoms with Crippen LogP contribution < -0.4 is 19.6 Å². The number of carbonyl (C=O) groups is 2. The van der Waals surface area contributed by atoms with E-state index in [1.165, 1.54) is 6.07 Å². The Balaban J connectivity index is 1.28. The molecule has 16 nitrogen and oxygen atoms in total. The Labute approximate surface area is 337 Å². The first-order valence-corrected chi connectivity index (χ1v) is 18.9. The van der Waals surface area contributed by atoms with E-state index < -0.39 is 88.8 Å². The molecule has 4 aromatic carbocycles. The predicted molar refractivity (Wildman–Crippen MR) is 209 cm³/mol. The summed E-state index contributed by atoms with van der Waals surface area (Å²) < 4.78 is 40.1. The smallest absolute Gasteiger partial charge is 0.306 e. The topological polar surface area (TPSA) is 241 Å². The van der Waals surface area contributed by atoms with E-state index in [0.29, 0.717) is 24.7 Å². The molecule has 2 heterocycles. The molecule has 1 fully saturated rings. The highest BCUT2D eigenvalue weighted by molar-refractivity contribution is 5.88. The molecule has 0 unspecified atom stereocenters. The van der Waals surface area contributed by atoms with Gasteiger partial charge < -0.3 is 63.5 Å². The van der Waals surface area contributed by atoms with Crippen molar-refractivity contribution in [1.29, 1.82) is 0 Å². The van der Waals surface area contributed by atoms with Crippen molar-refractivity contribution in [2.24, 2.45) is 0 Å². The van der Waals surface area contributed by atoms with Crippen molar-refractivity contribution in [2.75, 3.05) is 19.8 Å². The number of ether oxygens (including phenoxy) is 6. The predicted octanol–water partition coefficient (Wildman–Crippen LogP) is 4.63. The van der Waals surface area contributed by atoms with E-state index in [1.54, 1.807) is 48.5 Å². The van der Waals surface area contributed by atoms with Crippen molar-refractivity contribution >= 4 is 22.9 Å². The molecular formula is C43H44O16. The zero-order chi connectivity index (χ0) is 42.2. The van der Waals surface area contributed by atoms with Crippen molar-refractivity contribution in [2.45, 2.75) is 70.2 Å². The van der Waals surface area contributed by atoms with Crippen LogP contribution in [0.1, 0.15) is 37.8 Å².